The second kappa shape index (κ2) is 5.78. The van der Waals surface area contributed by atoms with Crippen LogP contribution in [0.25, 0.3) is 0 Å². The van der Waals surface area contributed by atoms with Gasteiger partial charge in [-0.05, 0) is 12.5 Å². The van der Waals surface area contributed by atoms with Crippen LogP contribution in [-0.2, 0) is 6.54 Å². The molecular formula is C14H14N4. The van der Waals surface area contributed by atoms with Gasteiger partial charge in [-0.15, -0.1) is 0 Å². The molecule has 1 aromatic heterocycles. The third-order valence-corrected chi connectivity index (χ3v) is 2.71. The lowest BCUT2D eigenvalue weighted by Crippen LogP contribution is -2.24. The fraction of sp³-hybridized carbons (Fsp3) is 0.214. The number of benzene rings is 1. The summed E-state index contributed by atoms with van der Waals surface area (Å²) < 4.78 is 0. The van der Waals surface area contributed by atoms with Crippen molar-refractivity contribution in [3.63, 3.8) is 0 Å². The van der Waals surface area contributed by atoms with Gasteiger partial charge in [0.25, 0.3) is 0 Å². The van der Waals surface area contributed by atoms with Gasteiger partial charge in [-0.2, -0.15) is 5.26 Å². The Hall–Kier alpha value is -2.41. The van der Waals surface area contributed by atoms with E-state index in [0.29, 0.717) is 11.4 Å². The molecule has 0 atom stereocenters. The van der Waals surface area contributed by atoms with Gasteiger partial charge in [-0.25, -0.2) is 9.97 Å². The normalized spacial score (nSPS) is 9.78. The van der Waals surface area contributed by atoms with Crippen LogP contribution in [0.1, 0.15) is 18.1 Å². The molecule has 0 radical (unpaired) electrons. The number of aromatic nitrogens is 2. The molecule has 1 aromatic carbocycles. The molecule has 0 N–H and O–H groups in total. The highest BCUT2D eigenvalue weighted by Gasteiger charge is 2.11. The largest absolute Gasteiger partial charge is 0.351 e. The zero-order valence-electron chi connectivity index (χ0n) is 10.2. The van der Waals surface area contributed by atoms with Gasteiger partial charge >= 0.3 is 0 Å². The van der Waals surface area contributed by atoms with E-state index in [1.807, 2.05) is 25.1 Å². The molecule has 0 aliphatic carbocycles. The van der Waals surface area contributed by atoms with Gasteiger partial charge in [0.15, 0.2) is 0 Å². The van der Waals surface area contributed by atoms with E-state index in [4.69, 9.17) is 5.26 Å². The average molecular weight is 238 g/mol. The summed E-state index contributed by atoms with van der Waals surface area (Å²) in [5, 5.41) is 9.07. The molecule has 4 heteroatoms. The van der Waals surface area contributed by atoms with Crippen LogP contribution in [0.3, 0.4) is 0 Å². The van der Waals surface area contributed by atoms with Crippen molar-refractivity contribution < 1.29 is 0 Å². The monoisotopic (exact) mass is 238 g/mol. The lowest BCUT2D eigenvalue weighted by Gasteiger charge is -2.22. The van der Waals surface area contributed by atoms with Gasteiger partial charge in [-0.1, -0.05) is 30.3 Å². The Morgan fingerprint density at radius 3 is 2.72 bits per heavy atom. The second-order valence-electron chi connectivity index (χ2n) is 3.87. The van der Waals surface area contributed by atoms with E-state index in [-0.39, 0.29) is 0 Å². The molecule has 4 nitrogen and oxygen atoms in total. The van der Waals surface area contributed by atoms with Gasteiger partial charge < -0.3 is 4.90 Å². The molecule has 0 unspecified atom stereocenters. The summed E-state index contributed by atoms with van der Waals surface area (Å²) in [6.07, 6.45) is 3.03. The molecule has 0 spiro atoms. The Bertz CT molecular complexity index is 545. The van der Waals surface area contributed by atoms with E-state index >= 15 is 0 Å². The zero-order chi connectivity index (χ0) is 12.8. The Balaban J connectivity index is 2.27. The van der Waals surface area contributed by atoms with Crippen molar-refractivity contribution in [2.24, 2.45) is 0 Å². The van der Waals surface area contributed by atoms with Crippen molar-refractivity contribution in [1.82, 2.24) is 9.97 Å². The van der Waals surface area contributed by atoms with Gasteiger partial charge in [0.1, 0.15) is 23.8 Å². The molecule has 2 aromatic rings. The minimum absolute atomic E-state index is 0.510. The molecule has 1 heterocycles. The second-order valence-corrected chi connectivity index (χ2v) is 3.87. The number of hydrogen-bond acceptors (Lipinski definition) is 4. The summed E-state index contributed by atoms with van der Waals surface area (Å²) >= 11 is 0. The van der Waals surface area contributed by atoms with Gasteiger partial charge in [0.2, 0.25) is 0 Å². The smallest absolute Gasteiger partial charge is 0.150 e. The highest BCUT2D eigenvalue weighted by molar-refractivity contribution is 5.52. The first-order valence-electron chi connectivity index (χ1n) is 5.84. The van der Waals surface area contributed by atoms with Crippen LogP contribution >= 0.6 is 0 Å². The molecule has 18 heavy (non-hydrogen) atoms. The standard InChI is InChI=1S/C14H14N4/c1-2-18(10-12-6-4-3-5-7-12)14-13(8-15)9-16-11-17-14/h3-7,9,11H,2,10H2,1H3. The maximum absolute atomic E-state index is 9.07. The lowest BCUT2D eigenvalue weighted by atomic mass is 10.2. The van der Waals surface area contributed by atoms with Crippen molar-refractivity contribution in [1.29, 1.82) is 5.26 Å². The predicted molar refractivity (Wildman–Crippen MR) is 69.9 cm³/mol. The number of hydrogen-bond donors (Lipinski definition) is 0. The summed E-state index contributed by atoms with van der Waals surface area (Å²) in [4.78, 5) is 10.2. The van der Waals surface area contributed by atoms with Crippen molar-refractivity contribution in [2.45, 2.75) is 13.5 Å². The molecule has 2 rings (SSSR count). The maximum atomic E-state index is 9.07. The van der Waals surface area contributed by atoms with Crippen LogP contribution < -0.4 is 4.90 Å². The quantitative estimate of drug-likeness (QED) is 0.820. The van der Waals surface area contributed by atoms with Crippen LogP contribution in [0.5, 0.6) is 0 Å². The van der Waals surface area contributed by atoms with Crippen molar-refractivity contribution in [3.8, 4) is 6.07 Å². The van der Waals surface area contributed by atoms with Gasteiger partial charge in [-0.3, -0.25) is 0 Å². The van der Waals surface area contributed by atoms with Crippen LogP contribution in [0.2, 0.25) is 0 Å². The van der Waals surface area contributed by atoms with E-state index < -0.39 is 0 Å². The molecule has 0 amide bonds. The van der Waals surface area contributed by atoms with Crippen molar-refractivity contribution in [2.75, 3.05) is 11.4 Å². The fourth-order valence-corrected chi connectivity index (χ4v) is 1.79. The number of nitrogens with zero attached hydrogens (tertiary/aromatic N) is 4. The minimum Gasteiger partial charge on any atom is -0.351 e. The summed E-state index contributed by atoms with van der Waals surface area (Å²) in [6, 6.07) is 12.3. The van der Waals surface area contributed by atoms with E-state index in [2.05, 4.69) is 33.1 Å². The van der Waals surface area contributed by atoms with E-state index in [0.717, 1.165) is 13.1 Å². The first-order chi connectivity index (χ1) is 8.85. The van der Waals surface area contributed by atoms with Crippen molar-refractivity contribution in [3.05, 3.63) is 54.0 Å². The van der Waals surface area contributed by atoms with Crippen LogP contribution in [0, 0.1) is 11.3 Å². The third kappa shape index (κ3) is 2.64. The van der Waals surface area contributed by atoms with E-state index in [1.54, 1.807) is 6.20 Å². The van der Waals surface area contributed by atoms with E-state index in [9.17, 15) is 0 Å². The lowest BCUT2D eigenvalue weighted by molar-refractivity contribution is 0.807. The Morgan fingerprint density at radius 2 is 2.06 bits per heavy atom. The summed E-state index contributed by atoms with van der Waals surface area (Å²) in [6.45, 7) is 3.58. The minimum atomic E-state index is 0.510. The molecule has 0 aliphatic heterocycles. The summed E-state index contributed by atoms with van der Waals surface area (Å²) in [5.41, 5.74) is 1.71. The maximum Gasteiger partial charge on any atom is 0.150 e. The molecular weight excluding hydrogens is 224 g/mol. The predicted octanol–water partition coefficient (Wildman–Crippen LogP) is 2.37. The van der Waals surface area contributed by atoms with Crippen LogP contribution in [0.15, 0.2) is 42.9 Å². The Morgan fingerprint density at radius 1 is 1.28 bits per heavy atom. The molecule has 0 saturated heterocycles. The Labute approximate surface area is 107 Å². The van der Waals surface area contributed by atoms with Crippen LogP contribution in [0.4, 0.5) is 5.82 Å². The Kier molecular flexibility index (Phi) is 3.87. The van der Waals surface area contributed by atoms with Gasteiger partial charge in [0.05, 0.1) is 6.20 Å². The topological polar surface area (TPSA) is 52.8 Å². The number of nitriles is 1. The van der Waals surface area contributed by atoms with Gasteiger partial charge in [0, 0.05) is 13.1 Å². The SMILES string of the molecule is CCN(Cc1ccccc1)c1ncncc1C#N. The van der Waals surface area contributed by atoms with Crippen LogP contribution in [-0.4, -0.2) is 16.5 Å². The molecule has 0 saturated carbocycles. The highest BCUT2D eigenvalue weighted by Crippen LogP contribution is 2.17. The molecule has 0 fully saturated rings. The third-order valence-electron chi connectivity index (χ3n) is 2.71. The fourth-order valence-electron chi connectivity index (χ4n) is 1.79. The molecule has 0 bridgehead atoms. The number of rotatable bonds is 4. The first kappa shape index (κ1) is 12.1. The molecule has 0 aliphatic rings. The first-order valence-corrected chi connectivity index (χ1v) is 5.84. The summed E-state index contributed by atoms with van der Waals surface area (Å²) in [7, 11) is 0. The number of anilines is 1. The molecule has 90 valence electrons. The van der Waals surface area contributed by atoms with E-state index in [1.165, 1.54) is 11.9 Å². The van der Waals surface area contributed by atoms with Crippen molar-refractivity contribution >= 4 is 5.82 Å². The summed E-state index contributed by atoms with van der Waals surface area (Å²) in [5.74, 6) is 0.693. The zero-order valence-corrected chi connectivity index (χ0v) is 10.2. The average Bonchev–Trinajstić information content (AvgIpc) is 2.46. The highest BCUT2D eigenvalue weighted by atomic mass is 15.2.